The molecule has 0 saturated carbocycles. The molecule has 0 spiro atoms. The Labute approximate surface area is 122 Å². The fourth-order valence-electron chi connectivity index (χ4n) is 2.33. The lowest BCUT2D eigenvalue weighted by atomic mass is 10.1. The second kappa shape index (κ2) is 5.78. The molecule has 21 heavy (non-hydrogen) atoms. The van der Waals surface area contributed by atoms with Gasteiger partial charge >= 0.3 is 0 Å². The van der Waals surface area contributed by atoms with Crippen molar-refractivity contribution in [3.8, 4) is 0 Å². The lowest BCUT2D eigenvalue weighted by Gasteiger charge is -2.08. The molecule has 0 amide bonds. The second-order valence-electron chi connectivity index (χ2n) is 5.05. The van der Waals surface area contributed by atoms with Gasteiger partial charge in [0.15, 0.2) is 0 Å². The van der Waals surface area contributed by atoms with Crippen molar-refractivity contribution in [2.45, 2.75) is 19.8 Å². The molecule has 6 nitrogen and oxygen atoms in total. The summed E-state index contributed by atoms with van der Waals surface area (Å²) in [6, 6.07) is 5.66. The number of nitrogen functional groups attached to an aromatic ring is 1. The van der Waals surface area contributed by atoms with E-state index in [1.54, 1.807) is 6.33 Å². The number of benzene rings is 1. The van der Waals surface area contributed by atoms with E-state index in [0.29, 0.717) is 0 Å². The summed E-state index contributed by atoms with van der Waals surface area (Å²) < 4.78 is 0. The third kappa shape index (κ3) is 2.94. The molecule has 6 heteroatoms. The predicted molar refractivity (Wildman–Crippen MR) is 84.1 cm³/mol. The van der Waals surface area contributed by atoms with E-state index in [0.717, 1.165) is 47.5 Å². The van der Waals surface area contributed by atoms with E-state index < -0.39 is 0 Å². The number of aryl methyl sites for hydroxylation is 2. The fraction of sp³-hybridized carbons (Fsp3) is 0.267. The number of H-pyrrole nitrogens is 1. The van der Waals surface area contributed by atoms with Gasteiger partial charge in [0.1, 0.15) is 12.1 Å². The van der Waals surface area contributed by atoms with E-state index in [4.69, 9.17) is 5.73 Å². The van der Waals surface area contributed by atoms with Gasteiger partial charge < -0.3 is 11.1 Å². The first-order valence-electron chi connectivity index (χ1n) is 6.97. The number of nitrogens with two attached hydrogens (primary N) is 1. The first-order chi connectivity index (χ1) is 10.2. The molecule has 0 radical (unpaired) electrons. The molecule has 0 aliphatic rings. The average molecular weight is 282 g/mol. The van der Waals surface area contributed by atoms with Crippen molar-refractivity contribution in [3.63, 3.8) is 0 Å². The summed E-state index contributed by atoms with van der Waals surface area (Å²) in [5, 5.41) is 11.3. The summed E-state index contributed by atoms with van der Waals surface area (Å²) in [6.07, 6.45) is 5.45. The van der Waals surface area contributed by atoms with Crippen LogP contribution in [0, 0.1) is 6.92 Å². The van der Waals surface area contributed by atoms with Crippen LogP contribution in [0.25, 0.3) is 10.9 Å². The quantitative estimate of drug-likeness (QED) is 0.493. The summed E-state index contributed by atoms with van der Waals surface area (Å²) in [5.41, 5.74) is 9.84. The molecular weight excluding hydrogens is 264 g/mol. The summed E-state index contributed by atoms with van der Waals surface area (Å²) >= 11 is 0. The van der Waals surface area contributed by atoms with Crippen molar-refractivity contribution in [2.75, 3.05) is 17.6 Å². The molecule has 0 fully saturated rings. The molecule has 4 N–H and O–H groups in total. The number of aromatic nitrogens is 4. The number of hydrogen-bond donors (Lipinski definition) is 3. The molecule has 108 valence electrons. The van der Waals surface area contributed by atoms with Crippen LogP contribution in [0.4, 0.5) is 11.5 Å². The minimum atomic E-state index is 0.717. The zero-order valence-corrected chi connectivity index (χ0v) is 11.9. The third-order valence-corrected chi connectivity index (χ3v) is 3.51. The molecule has 0 aliphatic heterocycles. The zero-order valence-electron chi connectivity index (χ0n) is 11.9. The average Bonchev–Trinajstić information content (AvgIpc) is 2.89. The minimum Gasteiger partial charge on any atom is -0.399 e. The Hall–Kier alpha value is -2.63. The molecule has 0 aliphatic carbocycles. The van der Waals surface area contributed by atoms with Gasteiger partial charge in [0.2, 0.25) is 0 Å². The lowest BCUT2D eigenvalue weighted by molar-refractivity contribution is 0.854. The fourth-order valence-corrected chi connectivity index (χ4v) is 2.33. The number of hydrogen-bond acceptors (Lipinski definition) is 5. The van der Waals surface area contributed by atoms with Gasteiger partial charge in [-0.25, -0.2) is 9.97 Å². The molecule has 0 bridgehead atoms. The van der Waals surface area contributed by atoms with Crippen LogP contribution in [0.15, 0.2) is 30.7 Å². The van der Waals surface area contributed by atoms with Crippen molar-refractivity contribution in [1.82, 2.24) is 20.2 Å². The molecule has 0 atom stereocenters. The topological polar surface area (TPSA) is 92.5 Å². The van der Waals surface area contributed by atoms with Crippen LogP contribution in [0.1, 0.15) is 17.7 Å². The molecule has 2 aromatic heterocycles. The maximum atomic E-state index is 5.83. The monoisotopic (exact) mass is 282 g/mol. The number of aromatic amines is 1. The number of nitrogens with zero attached hydrogens (tertiary/aromatic N) is 3. The van der Waals surface area contributed by atoms with Crippen molar-refractivity contribution >= 4 is 22.4 Å². The van der Waals surface area contributed by atoms with Crippen LogP contribution in [0.2, 0.25) is 0 Å². The van der Waals surface area contributed by atoms with E-state index in [1.807, 2.05) is 31.3 Å². The van der Waals surface area contributed by atoms with Gasteiger partial charge in [0.25, 0.3) is 0 Å². The number of rotatable bonds is 5. The highest BCUT2D eigenvalue weighted by molar-refractivity contribution is 5.91. The van der Waals surface area contributed by atoms with Gasteiger partial charge in [-0.2, -0.15) is 5.10 Å². The standard InChI is InChI=1S/C15H18N6/c1-10-11(8-20-21-10)3-2-6-17-15-13-7-12(16)4-5-14(13)18-9-19-15/h4-5,7-9H,2-3,6,16H2,1H3,(H,20,21)(H,17,18,19). The molecule has 0 saturated heterocycles. The van der Waals surface area contributed by atoms with Gasteiger partial charge in [0.05, 0.1) is 11.7 Å². The van der Waals surface area contributed by atoms with Crippen LogP contribution in [-0.2, 0) is 6.42 Å². The molecule has 3 rings (SSSR count). The first kappa shape index (κ1) is 13.4. The van der Waals surface area contributed by atoms with Crippen LogP contribution >= 0.6 is 0 Å². The molecular formula is C15H18N6. The molecule has 0 unspecified atom stereocenters. The van der Waals surface area contributed by atoms with E-state index in [-0.39, 0.29) is 0 Å². The Balaban J connectivity index is 1.65. The summed E-state index contributed by atoms with van der Waals surface area (Å²) in [4.78, 5) is 8.55. The third-order valence-electron chi connectivity index (χ3n) is 3.51. The predicted octanol–water partition coefficient (Wildman–Crippen LogP) is 2.29. The Morgan fingerprint density at radius 2 is 2.19 bits per heavy atom. The van der Waals surface area contributed by atoms with Gasteiger partial charge in [-0.05, 0) is 43.5 Å². The highest BCUT2D eigenvalue weighted by atomic mass is 15.1. The maximum absolute atomic E-state index is 5.83. The van der Waals surface area contributed by atoms with E-state index >= 15 is 0 Å². The molecule has 3 aromatic rings. The molecule has 1 aromatic carbocycles. The van der Waals surface area contributed by atoms with Crippen molar-refractivity contribution < 1.29 is 0 Å². The molecule has 2 heterocycles. The van der Waals surface area contributed by atoms with Gasteiger partial charge in [-0.15, -0.1) is 0 Å². The van der Waals surface area contributed by atoms with Crippen LogP contribution < -0.4 is 11.1 Å². The van der Waals surface area contributed by atoms with E-state index in [2.05, 4.69) is 25.5 Å². The maximum Gasteiger partial charge on any atom is 0.137 e. The zero-order chi connectivity index (χ0) is 14.7. The smallest absolute Gasteiger partial charge is 0.137 e. The summed E-state index contributed by atoms with van der Waals surface area (Å²) in [7, 11) is 0. The van der Waals surface area contributed by atoms with Crippen molar-refractivity contribution in [2.24, 2.45) is 0 Å². The van der Waals surface area contributed by atoms with Crippen LogP contribution in [0.3, 0.4) is 0 Å². The van der Waals surface area contributed by atoms with E-state index in [9.17, 15) is 0 Å². The van der Waals surface area contributed by atoms with Crippen molar-refractivity contribution in [3.05, 3.63) is 42.0 Å². The SMILES string of the molecule is Cc1[nH]ncc1CCCNc1ncnc2ccc(N)cc12. The van der Waals surface area contributed by atoms with Gasteiger partial charge in [-0.1, -0.05) is 0 Å². The Morgan fingerprint density at radius 1 is 1.29 bits per heavy atom. The highest BCUT2D eigenvalue weighted by Gasteiger charge is 2.04. The second-order valence-corrected chi connectivity index (χ2v) is 5.05. The Bertz CT molecular complexity index is 749. The lowest BCUT2D eigenvalue weighted by Crippen LogP contribution is -2.06. The van der Waals surface area contributed by atoms with Gasteiger partial charge in [-0.3, -0.25) is 5.10 Å². The highest BCUT2D eigenvalue weighted by Crippen LogP contribution is 2.21. The summed E-state index contributed by atoms with van der Waals surface area (Å²) in [5.74, 6) is 0.830. The first-order valence-corrected chi connectivity index (χ1v) is 6.97. The largest absolute Gasteiger partial charge is 0.399 e. The van der Waals surface area contributed by atoms with Gasteiger partial charge in [0, 0.05) is 23.3 Å². The number of nitrogens with one attached hydrogen (secondary N) is 2. The minimum absolute atomic E-state index is 0.717. The normalized spacial score (nSPS) is 10.9. The Kier molecular flexibility index (Phi) is 3.68. The van der Waals surface area contributed by atoms with Crippen molar-refractivity contribution in [1.29, 1.82) is 0 Å². The number of anilines is 2. The van der Waals surface area contributed by atoms with Crippen LogP contribution in [-0.4, -0.2) is 26.7 Å². The summed E-state index contributed by atoms with van der Waals surface area (Å²) in [6.45, 7) is 2.88. The van der Waals surface area contributed by atoms with E-state index in [1.165, 1.54) is 5.56 Å². The number of fused-ring (bicyclic) bond motifs is 1. The van der Waals surface area contributed by atoms with Crippen LogP contribution in [0.5, 0.6) is 0 Å². The Morgan fingerprint density at radius 3 is 3.00 bits per heavy atom.